The van der Waals surface area contributed by atoms with E-state index in [9.17, 15) is 9.59 Å². The lowest BCUT2D eigenvalue weighted by Gasteiger charge is -2.08. The molecule has 0 aliphatic heterocycles. The maximum absolute atomic E-state index is 11.4. The van der Waals surface area contributed by atoms with E-state index in [1.165, 1.54) is 25.3 Å². The van der Waals surface area contributed by atoms with Gasteiger partial charge in [-0.3, -0.25) is 0 Å². The van der Waals surface area contributed by atoms with E-state index in [0.29, 0.717) is 0 Å². The molecule has 0 radical (unpaired) electrons. The zero-order valence-electron chi connectivity index (χ0n) is 9.34. The third kappa shape index (κ3) is 2.83. The van der Waals surface area contributed by atoms with Crippen LogP contribution in [0, 0.1) is 0 Å². The fourth-order valence-corrected chi connectivity index (χ4v) is 1.29. The first kappa shape index (κ1) is 13.2. The third-order valence-electron chi connectivity index (χ3n) is 2.15. The molecule has 1 aromatic rings. The van der Waals surface area contributed by atoms with Crippen molar-refractivity contribution in [3.8, 4) is 0 Å². The highest BCUT2D eigenvalue weighted by atomic mass is 16.5. The second kappa shape index (κ2) is 5.47. The number of esters is 2. The molecule has 0 saturated carbocycles. The molecule has 17 heavy (non-hydrogen) atoms. The van der Waals surface area contributed by atoms with Crippen LogP contribution in [0.5, 0.6) is 0 Å². The predicted molar refractivity (Wildman–Crippen MR) is 58.9 cm³/mol. The van der Waals surface area contributed by atoms with E-state index >= 15 is 0 Å². The smallest absolute Gasteiger partial charge is 0.465 e. The van der Waals surface area contributed by atoms with Crippen LogP contribution in [0.15, 0.2) is 18.2 Å². The quantitative estimate of drug-likeness (QED) is 0.515. The van der Waals surface area contributed by atoms with Crippen molar-refractivity contribution in [3.63, 3.8) is 0 Å². The SMILES string of the molecule is COC(=O)c1ccc(B(O)O)cc1C(=O)OC. The molecule has 0 aliphatic carbocycles. The number of hydrogen-bond acceptors (Lipinski definition) is 6. The summed E-state index contributed by atoms with van der Waals surface area (Å²) in [5.74, 6) is -1.46. The minimum Gasteiger partial charge on any atom is -0.465 e. The van der Waals surface area contributed by atoms with Crippen molar-refractivity contribution in [1.29, 1.82) is 0 Å². The Morgan fingerprint density at radius 2 is 1.59 bits per heavy atom. The summed E-state index contributed by atoms with van der Waals surface area (Å²) in [5, 5.41) is 18.0. The number of carbonyl (C=O) groups excluding carboxylic acids is 2. The topological polar surface area (TPSA) is 93.1 Å². The van der Waals surface area contributed by atoms with Gasteiger partial charge < -0.3 is 19.5 Å². The van der Waals surface area contributed by atoms with E-state index < -0.39 is 19.1 Å². The molecule has 7 heteroatoms. The van der Waals surface area contributed by atoms with Crippen LogP contribution in [0.25, 0.3) is 0 Å². The summed E-state index contributed by atoms with van der Waals surface area (Å²) in [6.07, 6.45) is 0. The fourth-order valence-electron chi connectivity index (χ4n) is 1.29. The van der Waals surface area contributed by atoms with Gasteiger partial charge in [0.2, 0.25) is 0 Å². The second-order valence-corrected chi connectivity index (χ2v) is 3.16. The summed E-state index contributed by atoms with van der Waals surface area (Å²) < 4.78 is 9.00. The molecule has 0 bridgehead atoms. The number of benzene rings is 1. The first-order valence-electron chi connectivity index (χ1n) is 4.68. The van der Waals surface area contributed by atoms with Crippen molar-refractivity contribution in [1.82, 2.24) is 0 Å². The standard InChI is InChI=1S/C10H11BO6/c1-16-9(12)7-4-3-6(11(14)15)5-8(7)10(13)17-2/h3-5,14-15H,1-2H3. The minimum absolute atomic E-state index is 0.00347. The summed E-state index contributed by atoms with van der Waals surface area (Å²) in [5.41, 5.74) is 0.00625. The van der Waals surface area contributed by atoms with Gasteiger partial charge in [0.05, 0.1) is 25.3 Å². The molecule has 0 amide bonds. The van der Waals surface area contributed by atoms with Gasteiger partial charge in [-0.2, -0.15) is 0 Å². The molecule has 6 nitrogen and oxygen atoms in total. The van der Waals surface area contributed by atoms with Crippen molar-refractivity contribution >= 4 is 24.5 Å². The van der Waals surface area contributed by atoms with E-state index in [4.69, 9.17) is 10.0 Å². The van der Waals surface area contributed by atoms with Gasteiger partial charge in [0.1, 0.15) is 0 Å². The molecule has 0 fully saturated rings. The average molecular weight is 238 g/mol. The van der Waals surface area contributed by atoms with Gasteiger partial charge >= 0.3 is 19.1 Å². The van der Waals surface area contributed by atoms with Crippen LogP contribution in [0.2, 0.25) is 0 Å². The van der Waals surface area contributed by atoms with Gasteiger partial charge in [0, 0.05) is 0 Å². The monoisotopic (exact) mass is 238 g/mol. The molecule has 0 heterocycles. The Balaban J connectivity index is 3.31. The van der Waals surface area contributed by atoms with Crippen LogP contribution in [0.1, 0.15) is 20.7 Å². The highest BCUT2D eigenvalue weighted by Crippen LogP contribution is 2.10. The number of rotatable bonds is 3. The van der Waals surface area contributed by atoms with Crippen LogP contribution >= 0.6 is 0 Å². The van der Waals surface area contributed by atoms with Gasteiger partial charge in [-0.05, 0) is 17.6 Å². The lowest BCUT2D eigenvalue weighted by molar-refractivity contribution is 0.0555. The van der Waals surface area contributed by atoms with Crippen molar-refractivity contribution in [3.05, 3.63) is 29.3 Å². The Bertz CT molecular complexity index is 442. The molecule has 0 spiro atoms. The minimum atomic E-state index is -1.73. The van der Waals surface area contributed by atoms with Crippen LogP contribution in [-0.2, 0) is 9.47 Å². The van der Waals surface area contributed by atoms with Crippen LogP contribution in [0.4, 0.5) is 0 Å². The van der Waals surface area contributed by atoms with Gasteiger partial charge in [-0.1, -0.05) is 6.07 Å². The Morgan fingerprint density at radius 3 is 2.06 bits per heavy atom. The Morgan fingerprint density at radius 1 is 1.06 bits per heavy atom. The van der Waals surface area contributed by atoms with Gasteiger partial charge in [0.25, 0.3) is 0 Å². The number of ether oxygens (including phenoxy) is 2. The zero-order valence-corrected chi connectivity index (χ0v) is 9.34. The molecule has 0 atom stereocenters. The second-order valence-electron chi connectivity index (χ2n) is 3.16. The fraction of sp³-hybridized carbons (Fsp3) is 0.200. The molecule has 0 saturated heterocycles. The summed E-state index contributed by atoms with van der Waals surface area (Å²) >= 11 is 0. The Labute approximate surface area is 97.9 Å². The van der Waals surface area contributed by atoms with Crippen molar-refractivity contribution in [2.45, 2.75) is 0 Å². The molecule has 0 aliphatic rings. The summed E-state index contributed by atoms with van der Waals surface area (Å²) in [7, 11) is 0.606. The number of methoxy groups -OCH3 is 2. The first-order valence-corrected chi connectivity index (χ1v) is 4.68. The maximum Gasteiger partial charge on any atom is 0.488 e. The lowest BCUT2D eigenvalue weighted by Crippen LogP contribution is -2.31. The van der Waals surface area contributed by atoms with Crippen LogP contribution < -0.4 is 5.46 Å². The normalized spacial score (nSPS) is 9.65. The van der Waals surface area contributed by atoms with Crippen LogP contribution in [-0.4, -0.2) is 43.3 Å². The molecule has 0 aromatic heterocycles. The number of carbonyl (C=O) groups is 2. The Kier molecular flexibility index (Phi) is 4.25. The summed E-state index contributed by atoms with van der Waals surface area (Å²) in [6.45, 7) is 0. The Hall–Kier alpha value is -1.86. The molecular weight excluding hydrogens is 227 g/mol. The predicted octanol–water partition coefficient (Wildman–Crippen LogP) is -1.06. The zero-order chi connectivity index (χ0) is 13.0. The molecule has 1 rings (SSSR count). The maximum atomic E-state index is 11.4. The molecule has 90 valence electrons. The van der Waals surface area contributed by atoms with Gasteiger partial charge in [-0.25, -0.2) is 9.59 Å². The number of hydrogen-bond donors (Lipinski definition) is 2. The highest BCUT2D eigenvalue weighted by molar-refractivity contribution is 6.58. The first-order chi connectivity index (χ1) is 8.01. The molecule has 2 N–H and O–H groups in total. The van der Waals surface area contributed by atoms with Crippen molar-refractivity contribution in [2.24, 2.45) is 0 Å². The largest absolute Gasteiger partial charge is 0.488 e. The van der Waals surface area contributed by atoms with E-state index in [2.05, 4.69) is 9.47 Å². The summed E-state index contributed by atoms with van der Waals surface area (Å²) in [6, 6.07) is 3.75. The molecule has 0 unspecified atom stereocenters. The van der Waals surface area contributed by atoms with Crippen LogP contribution in [0.3, 0.4) is 0 Å². The van der Waals surface area contributed by atoms with Gasteiger partial charge in [-0.15, -0.1) is 0 Å². The van der Waals surface area contributed by atoms with Gasteiger partial charge in [0.15, 0.2) is 0 Å². The van der Waals surface area contributed by atoms with E-state index in [0.717, 1.165) is 7.11 Å². The average Bonchev–Trinajstić information content (AvgIpc) is 2.35. The van der Waals surface area contributed by atoms with E-state index in [-0.39, 0.29) is 16.6 Å². The van der Waals surface area contributed by atoms with Crippen molar-refractivity contribution in [2.75, 3.05) is 14.2 Å². The molecular formula is C10H11BO6. The summed E-state index contributed by atoms with van der Waals surface area (Å²) in [4.78, 5) is 22.8. The third-order valence-corrected chi connectivity index (χ3v) is 2.15. The highest BCUT2D eigenvalue weighted by Gasteiger charge is 2.21. The lowest BCUT2D eigenvalue weighted by atomic mass is 9.79. The van der Waals surface area contributed by atoms with E-state index in [1.54, 1.807) is 0 Å². The van der Waals surface area contributed by atoms with Crippen molar-refractivity contribution < 1.29 is 29.1 Å². The van der Waals surface area contributed by atoms with E-state index in [1.807, 2.05) is 0 Å². The molecule has 1 aromatic carbocycles.